The summed E-state index contributed by atoms with van der Waals surface area (Å²) < 4.78 is 5.14. The number of nitrogens with one attached hydrogen (secondary N) is 1. The normalized spacial score (nSPS) is 17.9. The quantitative estimate of drug-likeness (QED) is 0.822. The number of halogens is 1. The van der Waals surface area contributed by atoms with Crippen LogP contribution in [0.15, 0.2) is 24.3 Å². The number of amides is 1. The summed E-state index contributed by atoms with van der Waals surface area (Å²) >= 11 is 0. The third-order valence-corrected chi connectivity index (χ3v) is 3.87. The summed E-state index contributed by atoms with van der Waals surface area (Å²) in [5.41, 5.74) is 0.945. The molecule has 1 atom stereocenters. The summed E-state index contributed by atoms with van der Waals surface area (Å²) in [5, 5.41) is 12.0. The highest BCUT2D eigenvalue weighted by molar-refractivity contribution is 5.85. The number of aliphatic carboxylic acids is 1. The van der Waals surface area contributed by atoms with E-state index in [1.165, 1.54) is 0 Å². The van der Waals surface area contributed by atoms with Gasteiger partial charge in [-0.25, -0.2) is 0 Å². The lowest BCUT2D eigenvalue weighted by atomic mass is 10.0. The van der Waals surface area contributed by atoms with E-state index in [9.17, 15) is 14.7 Å². The lowest BCUT2D eigenvalue weighted by Gasteiger charge is -2.32. The molecule has 7 heteroatoms. The van der Waals surface area contributed by atoms with Crippen LogP contribution in [-0.4, -0.2) is 48.1 Å². The number of ether oxygens (including phenoxy) is 1. The van der Waals surface area contributed by atoms with E-state index in [1.807, 2.05) is 24.3 Å². The summed E-state index contributed by atoms with van der Waals surface area (Å²) in [7, 11) is 1.60. The molecule has 23 heavy (non-hydrogen) atoms. The summed E-state index contributed by atoms with van der Waals surface area (Å²) in [6.07, 6.45) is 2.45. The molecule has 0 aromatic heterocycles. The molecule has 1 unspecified atom stereocenters. The van der Waals surface area contributed by atoms with Crippen molar-refractivity contribution in [3.63, 3.8) is 0 Å². The first-order chi connectivity index (χ1) is 10.6. The number of carbonyl (C=O) groups excluding carboxylic acids is 1. The molecule has 1 aromatic rings. The number of hydrogen-bond acceptors (Lipinski definition) is 4. The fourth-order valence-electron chi connectivity index (χ4n) is 2.68. The van der Waals surface area contributed by atoms with Gasteiger partial charge in [-0.1, -0.05) is 18.6 Å². The third kappa shape index (κ3) is 5.73. The van der Waals surface area contributed by atoms with Crippen LogP contribution in [0.25, 0.3) is 0 Å². The molecule has 1 heterocycles. The van der Waals surface area contributed by atoms with Crippen LogP contribution in [0.1, 0.15) is 24.8 Å². The van der Waals surface area contributed by atoms with Gasteiger partial charge in [0.05, 0.1) is 13.7 Å². The van der Waals surface area contributed by atoms with Gasteiger partial charge in [-0.3, -0.25) is 14.5 Å². The maximum Gasteiger partial charge on any atom is 0.320 e. The molecule has 0 spiro atoms. The maximum absolute atomic E-state index is 12.0. The van der Waals surface area contributed by atoms with Crippen molar-refractivity contribution in [2.24, 2.45) is 0 Å². The van der Waals surface area contributed by atoms with E-state index < -0.39 is 12.0 Å². The fourth-order valence-corrected chi connectivity index (χ4v) is 2.68. The third-order valence-electron chi connectivity index (χ3n) is 3.87. The number of piperidine rings is 1. The summed E-state index contributed by atoms with van der Waals surface area (Å²) in [5.74, 6) is -0.259. The van der Waals surface area contributed by atoms with Gasteiger partial charge in [0.15, 0.2) is 0 Å². The van der Waals surface area contributed by atoms with Gasteiger partial charge in [0.25, 0.3) is 0 Å². The van der Waals surface area contributed by atoms with Gasteiger partial charge < -0.3 is 15.2 Å². The molecule has 1 aliphatic heterocycles. The molecule has 1 aromatic carbocycles. The van der Waals surface area contributed by atoms with Gasteiger partial charge in [-0.05, 0) is 37.1 Å². The molecule has 1 fully saturated rings. The summed E-state index contributed by atoms with van der Waals surface area (Å²) in [6, 6.07) is 6.93. The van der Waals surface area contributed by atoms with Gasteiger partial charge in [0, 0.05) is 6.54 Å². The van der Waals surface area contributed by atoms with Gasteiger partial charge >= 0.3 is 5.97 Å². The van der Waals surface area contributed by atoms with Crippen molar-refractivity contribution in [1.82, 2.24) is 10.2 Å². The zero-order valence-electron chi connectivity index (χ0n) is 13.2. The second-order valence-corrected chi connectivity index (χ2v) is 5.45. The molecule has 128 valence electrons. The number of benzene rings is 1. The van der Waals surface area contributed by atoms with Crippen LogP contribution >= 0.6 is 12.4 Å². The SMILES string of the molecule is COc1cccc(CNC(=O)CN2CCCCC2C(=O)O)c1.Cl. The highest BCUT2D eigenvalue weighted by Crippen LogP contribution is 2.17. The largest absolute Gasteiger partial charge is 0.497 e. The van der Waals surface area contributed by atoms with E-state index in [2.05, 4.69) is 5.32 Å². The van der Waals surface area contributed by atoms with E-state index in [-0.39, 0.29) is 24.9 Å². The standard InChI is InChI=1S/C16H22N2O4.ClH/c1-22-13-6-4-5-12(9-13)10-17-15(19)11-18-8-3-2-7-14(18)16(20)21;/h4-6,9,14H,2-3,7-8,10-11H2,1H3,(H,17,19)(H,20,21);1H. The van der Waals surface area contributed by atoms with Crippen LogP contribution in [-0.2, 0) is 16.1 Å². The van der Waals surface area contributed by atoms with Crippen molar-refractivity contribution < 1.29 is 19.4 Å². The number of likely N-dealkylation sites (tertiary alicyclic amines) is 1. The van der Waals surface area contributed by atoms with Crippen molar-refractivity contribution >= 4 is 24.3 Å². The molecule has 0 radical (unpaired) electrons. The van der Waals surface area contributed by atoms with Crippen LogP contribution in [0.4, 0.5) is 0 Å². The van der Waals surface area contributed by atoms with E-state index in [0.717, 1.165) is 24.2 Å². The van der Waals surface area contributed by atoms with E-state index >= 15 is 0 Å². The van der Waals surface area contributed by atoms with Crippen molar-refractivity contribution in [2.75, 3.05) is 20.2 Å². The predicted octanol–water partition coefficient (Wildman–Crippen LogP) is 1.67. The van der Waals surface area contributed by atoms with Gasteiger partial charge in [0.1, 0.15) is 11.8 Å². The lowest BCUT2D eigenvalue weighted by molar-refractivity contribution is -0.145. The number of nitrogens with zero attached hydrogens (tertiary/aromatic N) is 1. The second kappa shape index (κ2) is 9.37. The van der Waals surface area contributed by atoms with Crippen molar-refractivity contribution in [3.8, 4) is 5.75 Å². The number of rotatable bonds is 6. The Bertz CT molecular complexity index is 539. The predicted molar refractivity (Wildman–Crippen MR) is 88.9 cm³/mol. The molecule has 1 saturated heterocycles. The Labute approximate surface area is 142 Å². The van der Waals surface area contributed by atoms with Crippen molar-refractivity contribution in [1.29, 1.82) is 0 Å². The molecule has 0 saturated carbocycles. The first kappa shape index (κ1) is 19.3. The zero-order chi connectivity index (χ0) is 15.9. The minimum atomic E-state index is -0.847. The molecular formula is C16H23ClN2O4. The van der Waals surface area contributed by atoms with Crippen LogP contribution in [0.5, 0.6) is 5.75 Å². The first-order valence-electron chi connectivity index (χ1n) is 7.46. The Morgan fingerprint density at radius 1 is 1.39 bits per heavy atom. The Morgan fingerprint density at radius 3 is 2.87 bits per heavy atom. The topological polar surface area (TPSA) is 78.9 Å². The van der Waals surface area contributed by atoms with Gasteiger partial charge in [-0.15, -0.1) is 12.4 Å². The molecule has 2 rings (SSSR count). The van der Waals surface area contributed by atoms with Crippen LogP contribution in [0, 0.1) is 0 Å². The summed E-state index contributed by atoms with van der Waals surface area (Å²) in [6.45, 7) is 1.19. The Hall–Kier alpha value is -1.79. The fraction of sp³-hybridized carbons (Fsp3) is 0.500. The van der Waals surface area contributed by atoms with Crippen LogP contribution in [0.3, 0.4) is 0 Å². The average Bonchev–Trinajstić information content (AvgIpc) is 2.53. The molecule has 6 nitrogen and oxygen atoms in total. The molecule has 2 N–H and O–H groups in total. The molecule has 1 aliphatic rings. The van der Waals surface area contributed by atoms with Gasteiger partial charge in [0.2, 0.25) is 5.91 Å². The zero-order valence-corrected chi connectivity index (χ0v) is 14.0. The number of hydrogen-bond donors (Lipinski definition) is 2. The van der Waals surface area contributed by atoms with Gasteiger partial charge in [-0.2, -0.15) is 0 Å². The number of carboxylic acids is 1. The highest BCUT2D eigenvalue weighted by atomic mass is 35.5. The van der Waals surface area contributed by atoms with Crippen molar-refractivity contribution in [3.05, 3.63) is 29.8 Å². The molecule has 0 bridgehead atoms. The monoisotopic (exact) mass is 342 g/mol. The van der Waals surface area contributed by atoms with Crippen LogP contribution < -0.4 is 10.1 Å². The Kier molecular flexibility index (Phi) is 7.85. The minimum absolute atomic E-state index is 0. The Balaban J connectivity index is 0.00000264. The lowest BCUT2D eigenvalue weighted by Crippen LogP contribution is -2.48. The van der Waals surface area contributed by atoms with Crippen LogP contribution in [0.2, 0.25) is 0 Å². The van der Waals surface area contributed by atoms with Crippen molar-refractivity contribution in [2.45, 2.75) is 31.8 Å². The summed E-state index contributed by atoms with van der Waals surface area (Å²) in [4.78, 5) is 25.0. The van der Waals surface area contributed by atoms with E-state index in [4.69, 9.17) is 4.74 Å². The minimum Gasteiger partial charge on any atom is -0.497 e. The molecular weight excluding hydrogens is 320 g/mol. The van der Waals surface area contributed by atoms with E-state index in [0.29, 0.717) is 19.5 Å². The average molecular weight is 343 g/mol. The smallest absolute Gasteiger partial charge is 0.320 e. The van der Waals surface area contributed by atoms with E-state index in [1.54, 1.807) is 12.0 Å². The molecule has 0 aliphatic carbocycles. The first-order valence-corrected chi connectivity index (χ1v) is 7.46. The number of carbonyl (C=O) groups is 2. The number of methoxy groups -OCH3 is 1. The number of carboxylic acid groups (broad SMARTS) is 1. The molecule has 1 amide bonds. The highest BCUT2D eigenvalue weighted by Gasteiger charge is 2.29. The Morgan fingerprint density at radius 2 is 2.17 bits per heavy atom. The second-order valence-electron chi connectivity index (χ2n) is 5.45. The maximum atomic E-state index is 12.0.